The van der Waals surface area contributed by atoms with Crippen LogP contribution in [-0.2, 0) is 4.79 Å². The Bertz CT molecular complexity index is 454. The molecule has 1 aliphatic carbocycles. The Balaban J connectivity index is 2.24. The standard InChI is InChI=1S/C15H22N2O/c1-4-9-17(13-8-6-5-7-12(13)16)14(18)11-10-15(11,2)3/h5-8,11H,4,9-10,16H2,1-3H3. The van der Waals surface area contributed by atoms with Gasteiger partial charge in [-0.15, -0.1) is 0 Å². The van der Waals surface area contributed by atoms with Crippen molar-refractivity contribution in [1.29, 1.82) is 0 Å². The van der Waals surface area contributed by atoms with Gasteiger partial charge in [-0.05, 0) is 30.4 Å². The molecule has 3 heteroatoms. The lowest BCUT2D eigenvalue weighted by Gasteiger charge is -2.24. The molecule has 0 radical (unpaired) electrons. The number of amides is 1. The van der Waals surface area contributed by atoms with E-state index in [1.54, 1.807) is 0 Å². The SMILES string of the molecule is CCCN(C(=O)C1CC1(C)C)c1ccccc1N. The maximum atomic E-state index is 12.5. The highest BCUT2D eigenvalue weighted by Gasteiger charge is 2.52. The largest absolute Gasteiger partial charge is 0.397 e. The minimum Gasteiger partial charge on any atom is -0.397 e. The van der Waals surface area contributed by atoms with Gasteiger partial charge in [0, 0.05) is 12.5 Å². The summed E-state index contributed by atoms with van der Waals surface area (Å²) in [5.41, 5.74) is 7.68. The number of carbonyl (C=O) groups excluding carboxylic acids is 1. The molecule has 98 valence electrons. The summed E-state index contributed by atoms with van der Waals surface area (Å²) >= 11 is 0. The quantitative estimate of drug-likeness (QED) is 0.830. The number of hydrogen-bond donors (Lipinski definition) is 1. The fourth-order valence-electron chi connectivity index (χ4n) is 2.38. The van der Waals surface area contributed by atoms with Crippen molar-refractivity contribution in [2.75, 3.05) is 17.2 Å². The molecule has 2 rings (SSSR count). The Hall–Kier alpha value is -1.51. The maximum absolute atomic E-state index is 12.5. The second-order valence-corrected chi connectivity index (χ2v) is 5.79. The second kappa shape index (κ2) is 4.63. The van der Waals surface area contributed by atoms with E-state index in [1.807, 2.05) is 29.2 Å². The van der Waals surface area contributed by atoms with Crippen LogP contribution < -0.4 is 10.6 Å². The van der Waals surface area contributed by atoms with Gasteiger partial charge in [-0.25, -0.2) is 0 Å². The fraction of sp³-hybridized carbons (Fsp3) is 0.533. The summed E-state index contributed by atoms with van der Waals surface area (Å²) in [6.07, 6.45) is 1.92. The van der Waals surface area contributed by atoms with Gasteiger partial charge in [-0.3, -0.25) is 4.79 Å². The highest BCUT2D eigenvalue weighted by Crippen LogP contribution is 2.52. The van der Waals surface area contributed by atoms with Gasteiger partial charge in [0.1, 0.15) is 0 Å². The summed E-state index contributed by atoms with van der Waals surface area (Å²) in [6.45, 7) is 7.11. The lowest BCUT2D eigenvalue weighted by Crippen LogP contribution is -2.34. The van der Waals surface area contributed by atoms with Gasteiger partial charge in [0.2, 0.25) is 5.91 Å². The summed E-state index contributed by atoms with van der Waals surface area (Å²) < 4.78 is 0. The molecule has 2 N–H and O–H groups in total. The first-order valence-electron chi connectivity index (χ1n) is 6.63. The zero-order chi connectivity index (χ0) is 13.3. The number of nitrogens with zero attached hydrogens (tertiary/aromatic N) is 1. The van der Waals surface area contributed by atoms with E-state index in [4.69, 9.17) is 5.73 Å². The lowest BCUT2D eigenvalue weighted by atomic mass is 10.1. The Kier molecular flexibility index (Phi) is 3.33. The van der Waals surface area contributed by atoms with Crippen molar-refractivity contribution in [3.8, 4) is 0 Å². The molecule has 0 heterocycles. The summed E-state index contributed by atoms with van der Waals surface area (Å²) in [6, 6.07) is 7.61. The second-order valence-electron chi connectivity index (χ2n) is 5.79. The molecule has 1 amide bonds. The van der Waals surface area contributed by atoms with Crippen LogP contribution in [0.25, 0.3) is 0 Å². The molecule has 0 aliphatic heterocycles. The number of hydrogen-bond acceptors (Lipinski definition) is 2. The molecular weight excluding hydrogens is 224 g/mol. The van der Waals surface area contributed by atoms with Crippen LogP contribution in [0.3, 0.4) is 0 Å². The molecule has 1 aromatic carbocycles. The van der Waals surface area contributed by atoms with Crippen LogP contribution in [0.5, 0.6) is 0 Å². The van der Waals surface area contributed by atoms with E-state index >= 15 is 0 Å². The van der Waals surface area contributed by atoms with E-state index in [0.717, 1.165) is 25.1 Å². The molecule has 1 unspecified atom stereocenters. The zero-order valence-electron chi connectivity index (χ0n) is 11.4. The van der Waals surface area contributed by atoms with Crippen molar-refractivity contribution in [2.24, 2.45) is 11.3 Å². The summed E-state index contributed by atoms with van der Waals surface area (Å²) in [7, 11) is 0. The third-order valence-corrected chi connectivity index (χ3v) is 3.75. The summed E-state index contributed by atoms with van der Waals surface area (Å²) in [5, 5.41) is 0. The molecule has 18 heavy (non-hydrogen) atoms. The van der Waals surface area contributed by atoms with Crippen LogP contribution in [0.4, 0.5) is 11.4 Å². The molecule has 1 aromatic rings. The first kappa shape index (κ1) is 12.9. The highest BCUT2D eigenvalue weighted by atomic mass is 16.2. The monoisotopic (exact) mass is 246 g/mol. The number of nitrogen functional groups attached to an aromatic ring is 1. The molecule has 1 aliphatic rings. The number of benzene rings is 1. The van der Waals surface area contributed by atoms with Crippen molar-refractivity contribution >= 4 is 17.3 Å². The van der Waals surface area contributed by atoms with Crippen LogP contribution in [0.15, 0.2) is 24.3 Å². The van der Waals surface area contributed by atoms with Gasteiger partial charge in [-0.2, -0.15) is 0 Å². The predicted molar refractivity (Wildman–Crippen MR) is 75.4 cm³/mol. The third-order valence-electron chi connectivity index (χ3n) is 3.75. The van der Waals surface area contributed by atoms with Crippen molar-refractivity contribution < 1.29 is 4.79 Å². The molecule has 1 fully saturated rings. The van der Waals surface area contributed by atoms with Crippen LogP contribution in [0.1, 0.15) is 33.6 Å². The topological polar surface area (TPSA) is 46.3 Å². The van der Waals surface area contributed by atoms with E-state index in [0.29, 0.717) is 5.69 Å². The minimum absolute atomic E-state index is 0.156. The zero-order valence-corrected chi connectivity index (χ0v) is 11.4. The van der Waals surface area contributed by atoms with Gasteiger partial charge in [0.25, 0.3) is 0 Å². The number of nitrogens with two attached hydrogens (primary N) is 1. The van der Waals surface area contributed by atoms with E-state index in [2.05, 4.69) is 20.8 Å². The fourth-order valence-corrected chi connectivity index (χ4v) is 2.38. The van der Waals surface area contributed by atoms with Gasteiger partial charge < -0.3 is 10.6 Å². The van der Waals surface area contributed by atoms with Crippen LogP contribution in [0.2, 0.25) is 0 Å². The predicted octanol–water partition coefficient (Wildman–Crippen LogP) is 3.06. The lowest BCUT2D eigenvalue weighted by molar-refractivity contribution is -0.120. The van der Waals surface area contributed by atoms with Gasteiger partial charge in [0.05, 0.1) is 11.4 Å². The molecule has 0 saturated heterocycles. The Labute approximate surface area is 109 Å². The van der Waals surface area contributed by atoms with Gasteiger partial charge >= 0.3 is 0 Å². The van der Waals surface area contributed by atoms with Gasteiger partial charge in [0.15, 0.2) is 0 Å². The highest BCUT2D eigenvalue weighted by molar-refractivity contribution is 5.99. The van der Waals surface area contributed by atoms with E-state index in [1.165, 1.54) is 0 Å². The Morgan fingerprint density at radius 3 is 2.56 bits per heavy atom. The molecule has 1 atom stereocenters. The molecule has 0 bridgehead atoms. The molecule has 3 nitrogen and oxygen atoms in total. The summed E-state index contributed by atoms with van der Waals surface area (Å²) in [4.78, 5) is 14.4. The van der Waals surface area contributed by atoms with Crippen LogP contribution in [0, 0.1) is 11.3 Å². The molecular formula is C15H22N2O. The van der Waals surface area contributed by atoms with Crippen LogP contribution in [-0.4, -0.2) is 12.5 Å². The number of carbonyl (C=O) groups is 1. The van der Waals surface area contributed by atoms with Crippen LogP contribution >= 0.6 is 0 Å². The first-order chi connectivity index (χ1) is 8.47. The van der Waals surface area contributed by atoms with Gasteiger partial charge in [-0.1, -0.05) is 32.9 Å². The molecule has 1 saturated carbocycles. The van der Waals surface area contributed by atoms with Crippen molar-refractivity contribution in [1.82, 2.24) is 0 Å². The van der Waals surface area contributed by atoms with Crippen molar-refractivity contribution in [3.05, 3.63) is 24.3 Å². The first-order valence-corrected chi connectivity index (χ1v) is 6.63. The minimum atomic E-state index is 0.156. The average molecular weight is 246 g/mol. The van der Waals surface area contributed by atoms with E-state index in [-0.39, 0.29) is 17.2 Å². The van der Waals surface area contributed by atoms with Crippen molar-refractivity contribution in [3.63, 3.8) is 0 Å². The number of rotatable bonds is 4. The van der Waals surface area contributed by atoms with Crippen molar-refractivity contribution in [2.45, 2.75) is 33.6 Å². The Morgan fingerprint density at radius 1 is 1.44 bits per heavy atom. The maximum Gasteiger partial charge on any atom is 0.230 e. The Morgan fingerprint density at radius 2 is 2.06 bits per heavy atom. The number of para-hydroxylation sites is 2. The molecule has 0 aromatic heterocycles. The molecule has 0 spiro atoms. The number of anilines is 2. The average Bonchev–Trinajstić information content (AvgIpc) is 2.96. The normalized spacial score (nSPS) is 20.5. The van der Waals surface area contributed by atoms with E-state index in [9.17, 15) is 4.79 Å². The third kappa shape index (κ3) is 2.35. The van der Waals surface area contributed by atoms with E-state index < -0.39 is 0 Å². The smallest absolute Gasteiger partial charge is 0.230 e. The summed E-state index contributed by atoms with van der Waals surface area (Å²) in [5.74, 6) is 0.378.